The van der Waals surface area contributed by atoms with Crippen molar-refractivity contribution in [1.29, 1.82) is 0 Å². The summed E-state index contributed by atoms with van der Waals surface area (Å²) in [7, 11) is 0. The fourth-order valence-corrected chi connectivity index (χ4v) is 5.30. The highest BCUT2D eigenvalue weighted by Gasteiger charge is 2.13. The lowest BCUT2D eigenvalue weighted by atomic mass is 10.1. The van der Waals surface area contributed by atoms with Crippen LogP contribution in [0.25, 0.3) is 10.2 Å². The Kier molecular flexibility index (Phi) is 6.17. The van der Waals surface area contributed by atoms with Gasteiger partial charge in [0.05, 0.1) is 10.2 Å². The Morgan fingerprint density at radius 3 is 1.79 bits per heavy atom. The monoisotopic (exact) mass is 484 g/mol. The molecule has 0 amide bonds. The lowest BCUT2D eigenvalue weighted by Crippen LogP contribution is -2.05. The zero-order chi connectivity index (χ0) is 23.7. The molecule has 0 spiro atoms. The van der Waals surface area contributed by atoms with Crippen LogP contribution in [0.4, 0.5) is 23.3 Å². The van der Waals surface area contributed by atoms with Gasteiger partial charge in [-0.25, -0.2) is 4.98 Å². The molecule has 34 heavy (non-hydrogen) atoms. The van der Waals surface area contributed by atoms with Crippen molar-refractivity contribution >= 4 is 56.6 Å². The van der Waals surface area contributed by atoms with E-state index in [0.29, 0.717) is 17.1 Å². The first kappa shape index (κ1) is 22.3. The second kappa shape index (κ2) is 9.40. The van der Waals surface area contributed by atoms with Crippen LogP contribution < -0.4 is 10.6 Å². The summed E-state index contributed by atoms with van der Waals surface area (Å²) >= 11 is 3.07. The van der Waals surface area contributed by atoms with Gasteiger partial charge in [0.1, 0.15) is 0 Å². The topological polar surface area (TPSA) is 75.6 Å². The molecule has 0 saturated carbocycles. The van der Waals surface area contributed by atoms with E-state index >= 15 is 0 Å². The average molecular weight is 485 g/mol. The number of anilines is 4. The molecule has 6 nitrogen and oxygen atoms in total. The van der Waals surface area contributed by atoms with Crippen LogP contribution in [0.1, 0.15) is 22.3 Å². The minimum absolute atomic E-state index is 0.480. The summed E-state index contributed by atoms with van der Waals surface area (Å²) in [4.78, 5) is 18.7. The molecule has 170 valence electrons. The summed E-state index contributed by atoms with van der Waals surface area (Å²) < 4.78 is 2.03. The van der Waals surface area contributed by atoms with Crippen LogP contribution >= 0.6 is 23.1 Å². The van der Waals surface area contributed by atoms with Crippen molar-refractivity contribution in [2.45, 2.75) is 37.2 Å². The molecule has 0 radical (unpaired) electrons. The highest BCUT2D eigenvalue weighted by molar-refractivity contribution is 8.01. The van der Waals surface area contributed by atoms with Crippen molar-refractivity contribution in [3.63, 3.8) is 0 Å². The van der Waals surface area contributed by atoms with Crippen LogP contribution in [-0.2, 0) is 0 Å². The number of benzene rings is 3. The normalized spacial score (nSPS) is 11.1. The van der Waals surface area contributed by atoms with E-state index in [1.54, 1.807) is 11.3 Å². The number of nitrogens with one attached hydrogen (secondary N) is 2. The summed E-state index contributed by atoms with van der Waals surface area (Å²) in [5.41, 5.74) is 7.74. The highest BCUT2D eigenvalue weighted by atomic mass is 32.2. The van der Waals surface area contributed by atoms with Crippen LogP contribution in [-0.4, -0.2) is 19.9 Å². The maximum absolute atomic E-state index is 4.72. The van der Waals surface area contributed by atoms with E-state index in [9.17, 15) is 0 Å². The third-order valence-corrected chi connectivity index (χ3v) is 7.56. The molecule has 0 unspecified atom stereocenters. The second-order valence-corrected chi connectivity index (χ2v) is 10.4. The Balaban J connectivity index is 1.49. The van der Waals surface area contributed by atoms with E-state index in [1.807, 2.05) is 30.3 Å². The molecular weight excluding hydrogens is 460 g/mol. The Bertz CT molecular complexity index is 1390. The third-order valence-electron chi connectivity index (χ3n) is 5.59. The Morgan fingerprint density at radius 2 is 1.24 bits per heavy atom. The van der Waals surface area contributed by atoms with Gasteiger partial charge in [-0.05, 0) is 98.1 Å². The summed E-state index contributed by atoms with van der Waals surface area (Å²) in [6, 6.07) is 20.5. The van der Waals surface area contributed by atoms with Crippen LogP contribution in [0.5, 0.6) is 0 Å². The first-order valence-electron chi connectivity index (χ1n) is 10.9. The summed E-state index contributed by atoms with van der Waals surface area (Å²) in [6.07, 6.45) is 0. The van der Waals surface area contributed by atoms with E-state index in [-0.39, 0.29) is 0 Å². The first-order chi connectivity index (χ1) is 16.4. The van der Waals surface area contributed by atoms with E-state index in [0.717, 1.165) is 25.9 Å². The molecule has 0 atom stereocenters. The van der Waals surface area contributed by atoms with Crippen LogP contribution in [0.15, 0.2) is 70.2 Å². The van der Waals surface area contributed by atoms with Crippen molar-refractivity contribution in [1.82, 2.24) is 19.9 Å². The van der Waals surface area contributed by atoms with Gasteiger partial charge >= 0.3 is 0 Å². The number of rotatable bonds is 6. The number of hydrogen-bond acceptors (Lipinski definition) is 8. The van der Waals surface area contributed by atoms with Gasteiger partial charge in [0.2, 0.25) is 17.1 Å². The van der Waals surface area contributed by atoms with E-state index in [2.05, 4.69) is 83.6 Å². The molecule has 2 N–H and O–H groups in total. The number of fused-ring (bicyclic) bond motifs is 1. The van der Waals surface area contributed by atoms with Crippen LogP contribution in [0.2, 0.25) is 0 Å². The van der Waals surface area contributed by atoms with Gasteiger partial charge in [0.25, 0.3) is 0 Å². The summed E-state index contributed by atoms with van der Waals surface area (Å²) in [6.45, 7) is 8.38. The zero-order valence-electron chi connectivity index (χ0n) is 19.4. The molecule has 5 aromatic rings. The molecule has 0 aliphatic rings. The zero-order valence-corrected chi connectivity index (χ0v) is 21.0. The number of aromatic nitrogens is 4. The molecule has 0 bridgehead atoms. The first-order valence-corrected chi connectivity index (χ1v) is 12.5. The molecule has 0 aliphatic heterocycles. The number of nitrogens with zero attached hydrogens (tertiary/aromatic N) is 4. The second-order valence-electron chi connectivity index (χ2n) is 8.16. The fraction of sp³-hybridized carbons (Fsp3) is 0.154. The van der Waals surface area contributed by atoms with Crippen molar-refractivity contribution < 1.29 is 0 Å². The van der Waals surface area contributed by atoms with Gasteiger partial charge in [0, 0.05) is 11.4 Å². The molecule has 0 aliphatic carbocycles. The van der Waals surface area contributed by atoms with Crippen molar-refractivity contribution in [2.75, 3.05) is 10.6 Å². The van der Waals surface area contributed by atoms with Crippen LogP contribution in [0, 0.1) is 27.7 Å². The number of para-hydroxylation sites is 1. The molecule has 5 rings (SSSR count). The third kappa shape index (κ3) is 5.03. The fourth-order valence-electron chi connectivity index (χ4n) is 3.38. The predicted molar refractivity (Wildman–Crippen MR) is 142 cm³/mol. The quantitative estimate of drug-likeness (QED) is 0.261. The van der Waals surface area contributed by atoms with E-state index in [4.69, 9.17) is 4.98 Å². The molecule has 0 fully saturated rings. The smallest absolute Gasteiger partial charge is 0.233 e. The van der Waals surface area contributed by atoms with E-state index < -0.39 is 0 Å². The Hall–Kier alpha value is -3.49. The van der Waals surface area contributed by atoms with Gasteiger partial charge in [-0.1, -0.05) is 24.3 Å². The molecule has 0 saturated heterocycles. The highest BCUT2D eigenvalue weighted by Crippen LogP contribution is 2.34. The van der Waals surface area contributed by atoms with E-state index in [1.165, 1.54) is 34.0 Å². The van der Waals surface area contributed by atoms with Gasteiger partial charge in [-0.3, -0.25) is 0 Å². The molecule has 2 aromatic heterocycles. The van der Waals surface area contributed by atoms with Gasteiger partial charge < -0.3 is 10.6 Å². The maximum atomic E-state index is 4.72. The minimum atomic E-state index is 0.480. The average Bonchev–Trinajstić information content (AvgIpc) is 3.21. The van der Waals surface area contributed by atoms with Crippen LogP contribution in [0.3, 0.4) is 0 Å². The lowest BCUT2D eigenvalue weighted by Gasteiger charge is -2.11. The number of hydrogen-bond donors (Lipinski definition) is 2. The largest absolute Gasteiger partial charge is 0.324 e. The standard InChI is InChI=1S/C26H24N6S2/c1-15-9-11-19(13-17(15)3)27-23-30-24(28-20-12-10-16(2)18(4)14-20)32-25(31-23)34-26-29-21-7-5-6-8-22(21)33-26/h5-14H,1-4H3,(H2,27,28,30,31,32). The molecule has 8 heteroatoms. The number of thiazole rings is 1. The maximum Gasteiger partial charge on any atom is 0.233 e. The Labute approximate surface area is 206 Å². The van der Waals surface area contributed by atoms with Gasteiger partial charge in [-0.15, -0.1) is 11.3 Å². The van der Waals surface area contributed by atoms with Crippen molar-refractivity contribution in [3.05, 3.63) is 82.9 Å². The lowest BCUT2D eigenvalue weighted by molar-refractivity contribution is 0.919. The van der Waals surface area contributed by atoms with Crippen molar-refractivity contribution in [2.24, 2.45) is 0 Å². The minimum Gasteiger partial charge on any atom is -0.324 e. The molecule has 2 heterocycles. The summed E-state index contributed by atoms with van der Waals surface area (Å²) in [5, 5.41) is 7.25. The molecule has 3 aromatic carbocycles. The SMILES string of the molecule is Cc1ccc(Nc2nc(Nc3ccc(C)c(C)c3)nc(Sc3nc4ccccc4s3)n2)cc1C. The van der Waals surface area contributed by atoms with Gasteiger partial charge in [-0.2, -0.15) is 15.0 Å². The predicted octanol–water partition coefficient (Wildman–Crippen LogP) is 7.35. The summed E-state index contributed by atoms with van der Waals surface area (Å²) in [5.74, 6) is 0.960. The number of aryl methyl sites for hydroxylation is 4. The Morgan fingerprint density at radius 1 is 0.647 bits per heavy atom. The molecular formula is C26H24N6S2. The van der Waals surface area contributed by atoms with Gasteiger partial charge in [0.15, 0.2) is 4.34 Å². The van der Waals surface area contributed by atoms with Crippen molar-refractivity contribution in [3.8, 4) is 0 Å².